The number of rotatable bonds is 6. The normalized spacial score (nSPS) is 11.3. The molecule has 9 heteroatoms. The van der Waals surface area contributed by atoms with Crippen molar-refractivity contribution >= 4 is 27.7 Å². The van der Waals surface area contributed by atoms with Crippen LogP contribution in [-0.4, -0.2) is 35.7 Å². The second-order valence-corrected chi connectivity index (χ2v) is 10.1. The highest BCUT2D eigenvalue weighted by Crippen LogP contribution is 2.29. The molecule has 0 aliphatic rings. The number of nitrogens with one attached hydrogen (secondary N) is 1. The largest absolute Gasteiger partial charge is 0.346 e. The highest BCUT2D eigenvalue weighted by molar-refractivity contribution is 6.06. The van der Waals surface area contributed by atoms with E-state index in [9.17, 15) is 9.18 Å². The summed E-state index contributed by atoms with van der Waals surface area (Å²) >= 11 is 0. The number of amides is 1. The predicted octanol–water partition coefficient (Wildman–Crippen LogP) is 6.20. The van der Waals surface area contributed by atoms with Crippen molar-refractivity contribution in [3.8, 4) is 22.6 Å². The SMILES string of the molecule is Cc1ccc(-n2ncc3c(C(=O)NCc4cn(-c5cccc(F)c5)nn4)cc(-c4ccc5ccccc5c4)nc32)cc1. The Morgan fingerprint density at radius 3 is 2.55 bits per heavy atom. The lowest BCUT2D eigenvalue weighted by Crippen LogP contribution is -2.23. The summed E-state index contributed by atoms with van der Waals surface area (Å²) in [6, 6.07) is 30.1. The van der Waals surface area contributed by atoms with E-state index < -0.39 is 0 Å². The molecule has 8 nitrogen and oxygen atoms in total. The molecule has 204 valence electrons. The molecule has 1 N–H and O–H groups in total. The van der Waals surface area contributed by atoms with E-state index >= 15 is 0 Å². The van der Waals surface area contributed by atoms with Crippen molar-refractivity contribution in [2.45, 2.75) is 13.5 Å². The number of fused-ring (bicyclic) bond motifs is 2. The number of carbonyl (C=O) groups excluding carboxylic acids is 1. The Morgan fingerprint density at radius 2 is 1.71 bits per heavy atom. The maximum absolute atomic E-state index is 13.7. The minimum absolute atomic E-state index is 0.134. The molecule has 7 rings (SSSR count). The molecule has 0 bridgehead atoms. The third-order valence-corrected chi connectivity index (χ3v) is 7.15. The number of nitrogens with zero attached hydrogens (tertiary/aromatic N) is 6. The van der Waals surface area contributed by atoms with E-state index in [0.717, 1.165) is 27.6 Å². The average Bonchev–Trinajstić information content (AvgIpc) is 3.67. The van der Waals surface area contributed by atoms with E-state index in [-0.39, 0.29) is 18.3 Å². The summed E-state index contributed by atoms with van der Waals surface area (Å²) in [5.41, 5.74) is 5.62. The number of halogens is 1. The van der Waals surface area contributed by atoms with Crippen molar-refractivity contribution in [2.75, 3.05) is 0 Å². The maximum atomic E-state index is 13.7. The van der Waals surface area contributed by atoms with Crippen LogP contribution in [0.1, 0.15) is 21.6 Å². The third kappa shape index (κ3) is 4.77. The molecular formula is C33H24FN7O. The zero-order valence-corrected chi connectivity index (χ0v) is 22.6. The van der Waals surface area contributed by atoms with Gasteiger partial charge in [0, 0.05) is 5.56 Å². The van der Waals surface area contributed by atoms with E-state index in [1.807, 2.05) is 49.4 Å². The molecule has 0 aliphatic heterocycles. The first-order valence-corrected chi connectivity index (χ1v) is 13.4. The first kappa shape index (κ1) is 25.3. The molecule has 0 saturated carbocycles. The van der Waals surface area contributed by atoms with Gasteiger partial charge in [-0.05, 0) is 60.2 Å². The van der Waals surface area contributed by atoms with Crippen LogP contribution in [0.15, 0.2) is 109 Å². The van der Waals surface area contributed by atoms with E-state index in [1.54, 1.807) is 35.3 Å². The van der Waals surface area contributed by atoms with Gasteiger partial charge in [0.05, 0.1) is 47.0 Å². The van der Waals surface area contributed by atoms with Gasteiger partial charge in [0.1, 0.15) is 11.5 Å². The maximum Gasteiger partial charge on any atom is 0.252 e. The lowest BCUT2D eigenvalue weighted by Gasteiger charge is -2.10. The fraction of sp³-hybridized carbons (Fsp3) is 0.0606. The van der Waals surface area contributed by atoms with Crippen molar-refractivity contribution in [2.24, 2.45) is 0 Å². The van der Waals surface area contributed by atoms with E-state index in [4.69, 9.17) is 4.98 Å². The monoisotopic (exact) mass is 553 g/mol. The number of hydrogen-bond acceptors (Lipinski definition) is 5. The summed E-state index contributed by atoms with van der Waals surface area (Å²) in [6.07, 6.45) is 3.33. The zero-order chi connectivity index (χ0) is 28.6. The summed E-state index contributed by atoms with van der Waals surface area (Å²) in [7, 11) is 0. The topological polar surface area (TPSA) is 90.5 Å². The van der Waals surface area contributed by atoms with Crippen LogP contribution in [0.2, 0.25) is 0 Å². The van der Waals surface area contributed by atoms with E-state index in [2.05, 4.69) is 45.0 Å². The number of aryl methyl sites for hydroxylation is 1. The zero-order valence-electron chi connectivity index (χ0n) is 22.6. The third-order valence-electron chi connectivity index (χ3n) is 7.15. The molecule has 0 aliphatic carbocycles. The van der Waals surface area contributed by atoms with Gasteiger partial charge in [-0.15, -0.1) is 5.10 Å². The lowest BCUT2D eigenvalue weighted by atomic mass is 10.0. The molecule has 7 aromatic rings. The van der Waals surface area contributed by atoms with Gasteiger partial charge in [-0.3, -0.25) is 4.79 Å². The molecule has 42 heavy (non-hydrogen) atoms. The van der Waals surface area contributed by atoms with Crippen LogP contribution < -0.4 is 5.32 Å². The van der Waals surface area contributed by atoms with Crippen LogP contribution >= 0.6 is 0 Å². The van der Waals surface area contributed by atoms with Crippen LogP contribution in [-0.2, 0) is 6.54 Å². The fourth-order valence-corrected chi connectivity index (χ4v) is 4.95. The van der Waals surface area contributed by atoms with Gasteiger partial charge >= 0.3 is 0 Å². The van der Waals surface area contributed by atoms with E-state index in [0.29, 0.717) is 33.7 Å². The standard InChI is InChI=1S/C33H24FN7O/c1-21-9-13-27(14-10-21)41-32-30(19-36-41)29(17-31(37-32)24-12-11-22-5-2-3-6-23(22)15-24)33(42)35-18-26-20-40(39-38-26)28-8-4-7-25(34)16-28/h2-17,19-20H,18H2,1H3,(H,35,42). The highest BCUT2D eigenvalue weighted by atomic mass is 19.1. The summed E-state index contributed by atoms with van der Waals surface area (Å²) in [4.78, 5) is 18.6. The van der Waals surface area contributed by atoms with Crippen LogP contribution in [0, 0.1) is 12.7 Å². The Kier molecular flexibility index (Phi) is 6.24. The smallest absolute Gasteiger partial charge is 0.252 e. The number of aromatic nitrogens is 6. The van der Waals surface area contributed by atoms with Gasteiger partial charge in [0.2, 0.25) is 0 Å². The van der Waals surface area contributed by atoms with Gasteiger partial charge in [-0.25, -0.2) is 18.7 Å². The highest BCUT2D eigenvalue weighted by Gasteiger charge is 2.19. The molecule has 0 fully saturated rings. The Hall–Kier alpha value is -5.70. The first-order chi connectivity index (χ1) is 20.5. The molecule has 0 radical (unpaired) electrons. The Bertz CT molecular complexity index is 2100. The van der Waals surface area contributed by atoms with Gasteiger partial charge in [0.15, 0.2) is 5.65 Å². The van der Waals surface area contributed by atoms with Gasteiger partial charge in [0.25, 0.3) is 5.91 Å². The van der Waals surface area contributed by atoms with Gasteiger partial charge in [-0.1, -0.05) is 65.4 Å². The fourth-order valence-electron chi connectivity index (χ4n) is 4.95. The molecule has 0 unspecified atom stereocenters. The van der Waals surface area contributed by atoms with Crippen molar-refractivity contribution < 1.29 is 9.18 Å². The predicted molar refractivity (Wildman–Crippen MR) is 159 cm³/mol. The summed E-state index contributed by atoms with van der Waals surface area (Å²) in [5.74, 6) is -0.666. The molecule has 3 aromatic heterocycles. The van der Waals surface area contributed by atoms with Gasteiger partial charge in [-0.2, -0.15) is 5.10 Å². The summed E-state index contributed by atoms with van der Waals surface area (Å²) < 4.78 is 16.9. The van der Waals surface area contributed by atoms with Crippen LogP contribution in [0.5, 0.6) is 0 Å². The average molecular weight is 554 g/mol. The number of pyridine rings is 1. The minimum Gasteiger partial charge on any atom is -0.346 e. The van der Waals surface area contributed by atoms with Crippen molar-refractivity contribution in [3.05, 3.63) is 132 Å². The van der Waals surface area contributed by atoms with Crippen LogP contribution in [0.4, 0.5) is 4.39 Å². The molecule has 3 heterocycles. The Labute approximate surface area is 240 Å². The second kappa shape index (κ2) is 10.4. The molecular weight excluding hydrogens is 529 g/mol. The molecule has 1 amide bonds. The minimum atomic E-state index is -0.368. The Morgan fingerprint density at radius 1 is 0.881 bits per heavy atom. The van der Waals surface area contributed by atoms with Crippen molar-refractivity contribution in [3.63, 3.8) is 0 Å². The van der Waals surface area contributed by atoms with Crippen LogP contribution in [0.3, 0.4) is 0 Å². The number of benzene rings is 4. The molecule has 4 aromatic carbocycles. The first-order valence-electron chi connectivity index (χ1n) is 13.4. The summed E-state index contributed by atoms with van der Waals surface area (Å²) in [6.45, 7) is 2.16. The molecule has 0 atom stereocenters. The van der Waals surface area contributed by atoms with Crippen molar-refractivity contribution in [1.82, 2.24) is 35.1 Å². The van der Waals surface area contributed by atoms with E-state index in [1.165, 1.54) is 16.8 Å². The number of carbonyl (C=O) groups is 1. The van der Waals surface area contributed by atoms with Crippen molar-refractivity contribution in [1.29, 1.82) is 0 Å². The molecule has 0 spiro atoms. The second-order valence-electron chi connectivity index (χ2n) is 10.1. The summed E-state index contributed by atoms with van der Waals surface area (Å²) in [5, 5.41) is 18.6. The van der Waals surface area contributed by atoms with Crippen LogP contribution in [0.25, 0.3) is 44.4 Å². The Balaban J connectivity index is 1.26. The quantitative estimate of drug-likeness (QED) is 0.265. The lowest BCUT2D eigenvalue weighted by molar-refractivity contribution is 0.0952. The van der Waals surface area contributed by atoms with Gasteiger partial charge < -0.3 is 5.32 Å². The number of hydrogen-bond donors (Lipinski definition) is 1. The molecule has 0 saturated heterocycles.